The van der Waals surface area contributed by atoms with E-state index in [0.29, 0.717) is 11.1 Å². The molecule has 0 saturated heterocycles. The average molecular weight is 462 g/mol. The molecular formula is C14H7Cl6N3O2. The minimum absolute atomic E-state index is 0.131. The van der Waals surface area contributed by atoms with Crippen LogP contribution >= 0.6 is 69.6 Å². The Bertz CT molecular complexity index is 781. The highest BCUT2D eigenvalue weighted by Crippen LogP contribution is 2.40. The number of hydrogen-bond donors (Lipinski definition) is 1. The first-order chi connectivity index (χ1) is 11.5. The van der Waals surface area contributed by atoms with E-state index in [0.717, 1.165) is 6.08 Å². The molecule has 0 saturated carbocycles. The van der Waals surface area contributed by atoms with Crippen molar-refractivity contribution in [3.8, 4) is 11.4 Å². The lowest BCUT2D eigenvalue weighted by Crippen LogP contribution is -2.16. The molecule has 0 aliphatic carbocycles. The van der Waals surface area contributed by atoms with Gasteiger partial charge in [0.05, 0.1) is 0 Å². The first kappa shape index (κ1) is 20.5. The predicted molar refractivity (Wildman–Crippen MR) is 100 cm³/mol. The second-order valence-corrected chi connectivity index (χ2v) is 9.16. The van der Waals surface area contributed by atoms with E-state index in [2.05, 4.69) is 15.0 Å². The first-order valence-corrected chi connectivity index (χ1v) is 8.65. The van der Waals surface area contributed by atoms with Crippen molar-refractivity contribution in [1.82, 2.24) is 15.0 Å². The van der Waals surface area contributed by atoms with Crippen molar-refractivity contribution in [3.63, 3.8) is 0 Å². The molecule has 0 amide bonds. The van der Waals surface area contributed by atoms with Crippen molar-refractivity contribution >= 4 is 81.7 Å². The number of carboxylic acid groups (broad SMARTS) is 1. The maximum absolute atomic E-state index is 10.5. The minimum Gasteiger partial charge on any atom is -0.478 e. The van der Waals surface area contributed by atoms with Crippen LogP contribution in [0.15, 0.2) is 30.3 Å². The molecule has 2 aromatic rings. The Morgan fingerprint density at radius 3 is 1.76 bits per heavy atom. The van der Waals surface area contributed by atoms with Crippen LogP contribution < -0.4 is 0 Å². The Morgan fingerprint density at radius 2 is 1.36 bits per heavy atom. The summed E-state index contributed by atoms with van der Waals surface area (Å²) in [6.07, 6.45) is 2.44. The van der Waals surface area contributed by atoms with Gasteiger partial charge in [0, 0.05) is 11.6 Å². The summed E-state index contributed by atoms with van der Waals surface area (Å²) in [6, 6.07) is 6.59. The van der Waals surface area contributed by atoms with Crippen molar-refractivity contribution in [3.05, 3.63) is 47.6 Å². The summed E-state index contributed by atoms with van der Waals surface area (Å²) in [5.74, 6) is -1.31. The fraction of sp³-hybridized carbons (Fsp3) is 0.143. The molecule has 1 heterocycles. The van der Waals surface area contributed by atoms with Gasteiger partial charge in [0.2, 0.25) is 7.59 Å². The Labute approximate surface area is 172 Å². The Hall–Kier alpha value is -0.820. The normalized spacial score (nSPS) is 12.6. The Morgan fingerprint density at radius 1 is 0.880 bits per heavy atom. The van der Waals surface area contributed by atoms with Gasteiger partial charge in [-0.15, -0.1) is 0 Å². The van der Waals surface area contributed by atoms with E-state index < -0.39 is 13.6 Å². The van der Waals surface area contributed by atoms with E-state index >= 15 is 0 Å². The van der Waals surface area contributed by atoms with Crippen LogP contribution in [0.5, 0.6) is 0 Å². The van der Waals surface area contributed by atoms with Gasteiger partial charge in [0.15, 0.2) is 17.5 Å². The number of rotatable bonds is 3. The lowest BCUT2D eigenvalue weighted by Gasteiger charge is -2.15. The average Bonchev–Trinajstić information content (AvgIpc) is 2.51. The lowest BCUT2D eigenvalue weighted by atomic mass is 10.1. The Balaban J connectivity index is 2.49. The largest absolute Gasteiger partial charge is 0.478 e. The Kier molecular flexibility index (Phi) is 6.41. The molecule has 5 nitrogen and oxygen atoms in total. The number of aromatic nitrogens is 3. The second kappa shape index (κ2) is 7.82. The molecule has 0 unspecified atom stereocenters. The monoisotopic (exact) mass is 459 g/mol. The number of alkyl halides is 6. The number of carboxylic acids is 1. The van der Waals surface area contributed by atoms with Gasteiger partial charge in [-0.25, -0.2) is 19.7 Å². The van der Waals surface area contributed by atoms with Gasteiger partial charge in [-0.05, 0) is 11.6 Å². The standard InChI is InChI=1S/C14H7Cl6N3O2/c15-13(16,17)11-21-10(22-12(23-11)14(18,19)20)8-4-1-7(2-5-8)3-6-9(24)25/h1-6H,(H,24,25). The third-order valence-electron chi connectivity index (χ3n) is 2.73. The van der Waals surface area contributed by atoms with E-state index in [1.165, 1.54) is 6.08 Å². The van der Waals surface area contributed by atoms with Gasteiger partial charge >= 0.3 is 5.97 Å². The van der Waals surface area contributed by atoms with Gasteiger partial charge in [-0.1, -0.05) is 93.9 Å². The number of hydrogen-bond acceptors (Lipinski definition) is 4. The summed E-state index contributed by atoms with van der Waals surface area (Å²) in [4.78, 5) is 22.6. The van der Waals surface area contributed by atoms with Crippen LogP contribution in [0.25, 0.3) is 17.5 Å². The van der Waals surface area contributed by atoms with Crippen molar-refractivity contribution in [2.24, 2.45) is 0 Å². The predicted octanol–water partition coefficient (Wildman–Crippen LogP) is 5.29. The number of carbonyl (C=O) groups is 1. The molecule has 0 bridgehead atoms. The highest BCUT2D eigenvalue weighted by atomic mass is 35.6. The fourth-order valence-corrected chi connectivity index (χ4v) is 2.18. The van der Waals surface area contributed by atoms with Gasteiger partial charge in [-0.3, -0.25) is 0 Å². The van der Waals surface area contributed by atoms with Gasteiger partial charge in [0.1, 0.15) is 0 Å². The topological polar surface area (TPSA) is 76.0 Å². The molecule has 11 heteroatoms. The quantitative estimate of drug-likeness (QED) is 0.496. The number of halogens is 6. The van der Waals surface area contributed by atoms with Crippen LogP contribution in [-0.4, -0.2) is 26.0 Å². The van der Waals surface area contributed by atoms with Crippen LogP contribution in [0, 0.1) is 0 Å². The molecule has 1 aromatic carbocycles. The molecule has 0 atom stereocenters. The summed E-state index contributed by atoms with van der Waals surface area (Å²) in [7, 11) is 0. The maximum Gasteiger partial charge on any atom is 0.328 e. The van der Waals surface area contributed by atoms with Crippen molar-refractivity contribution in [1.29, 1.82) is 0 Å². The molecule has 0 radical (unpaired) electrons. The summed E-state index contributed by atoms with van der Waals surface area (Å²) < 4.78 is -3.88. The van der Waals surface area contributed by atoms with Crippen molar-refractivity contribution < 1.29 is 9.90 Å². The number of benzene rings is 1. The van der Waals surface area contributed by atoms with Gasteiger partial charge < -0.3 is 5.11 Å². The minimum atomic E-state index is -1.94. The zero-order valence-electron chi connectivity index (χ0n) is 11.9. The van der Waals surface area contributed by atoms with Crippen LogP contribution in [0.1, 0.15) is 17.2 Å². The van der Waals surface area contributed by atoms with Crippen molar-refractivity contribution in [2.45, 2.75) is 7.59 Å². The van der Waals surface area contributed by atoms with Crippen LogP contribution in [0.4, 0.5) is 0 Å². The molecule has 1 N–H and O–H groups in total. The lowest BCUT2D eigenvalue weighted by molar-refractivity contribution is -0.131. The molecular weight excluding hydrogens is 455 g/mol. The summed E-state index contributed by atoms with van der Waals surface area (Å²) in [6.45, 7) is 0. The third-order valence-corrected chi connectivity index (χ3v) is 3.74. The van der Waals surface area contributed by atoms with E-state index in [4.69, 9.17) is 74.7 Å². The maximum atomic E-state index is 10.5. The molecule has 0 aliphatic rings. The van der Waals surface area contributed by atoms with Crippen LogP contribution in [0.3, 0.4) is 0 Å². The molecule has 0 fully saturated rings. The zero-order chi connectivity index (χ0) is 18.8. The summed E-state index contributed by atoms with van der Waals surface area (Å²) in [5, 5.41) is 8.63. The third kappa shape index (κ3) is 5.84. The zero-order valence-corrected chi connectivity index (χ0v) is 16.5. The molecule has 1 aromatic heterocycles. The van der Waals surface area contributed by atoms with Crippen LogP contribution in [-0.2, 0) is 12.4 Å². The second-order valence-electron chi connectivity index (χ2n) is 4.60. The van der Waals surface area contributed by atoms with Crippen molar-refractivity contribution in [2.75, 3.05) is 0 Å². The number of nitrogens with zero attached hydrogens (tertiary/aromatic N) is 3. The molecule has 132 valence electrons. The van der Waals surface area contributed by atoms with Gasteiger partial charge in [-0.2, -0.15) is 0 Å². The smallest absolute Gasteiger partial charge is 0.328 e. The fourth-order valence-electron chi connectivity index (χ4n) is 1.67. The van der Waals surface area contributed by atoms with Crippen LogP contribution in [0.2, 0.25) is 0 Å². The summed E-state index contributed by atoms with van der Waals surface area (Å²) >= 11 is 34.9. The molecule has 0 spiro atoms. The van der Waals surface area contributed by atoms with Gasteiger partial charge in [0.25, 0.3) is 0 Å². The van der Waals surface area contributed by atoms with E-state index in [9.17, 15) is 4.79 Å². The highest BCUT2D eigenvalue weighted by Gasteiger charge is 2.33. The summed E-state index contributed by atoms with van der Waals surface area (Å²) in [5.41, 5.74) is 1.18. The van der Waals surface area contributed by atoms with E-state index in [1.54, 1.807) is 24.3 Å². The molecule has 2 rings (SSSR count). The first-order valence-electron chi connectivity index (χ1n) is 6.39. The highest BCUT2D eigenvalue weighted by molar-refractivity contribution is 6.67. The SMILES string of the molecule is O=C(O)C=Cc1ccc(-c2nc(C(Cl)(Cl)Cl)nc(C(Cl)(Cl)Cl)n2)cc1. The number of aliphatic carboxylic acids is 1. The van der Waals surface area contributed by atoms with E-state index in [-0.39, 0.29) is 17.5 Å². The molecule has 0 aliphatic heterocycles. The van der Waals surface area contributed by atoms with E-state index in [1.807, 2.05) is 0 Å². The molecule has 25 heavy (non-hydrogen) atoms.